The summed E-state index contributed by atoms with van der Waals surface area (Å²) in [7, 11) is 0. The van der Waals surface area contributed by atoms with Gasteiger partial charge in [-0.05, 0) is 43.5 Å². The summed E-state index contributed by atoms with van der Waals surface area (Å²) in [5.41, 5.74) is 1.60. The molecule has 2 aromatic rings. The molecular formula is C20H25N5O3. The van der Waals surface area contributed by atoms with Gasteiger partial charge in [-0.1, -0.05) is 6.07 Å². The molecule has 0 spiro atoms. The van der Waals surface area contributed by atoms with Gasteiger partial charge in [-0.15, -0.1) is 0 Å². The normalized spacial score (nSPS) is 20.1. The Morgan fingerprint density at radius 1 is 1.07 bits per heavy atom. The molecule has 8 nitrogen and oxygen atoms in total. The van der Waals surface area contributed by atoms with Gasteiger partial charge in [-0.25, -0.2) is 9.48 Å². The summed E-state index contributed by atoms with van der Waals surface area (Å²) >= 11 is 0. The second kappa shape index (κ2) is 8.43. The van der Waals surface area contributed by atoms with Crippen LogP contribution in [0.5, 0.6) is 0 Å². The van der Waals surface area contributed by atoms with Crippen LogP contribution in [0.4, 0.5) is 10.5 Å². The van der Waals surface area contributed by atoms with Gasteiger partial charge in [-0.2, -0.15) is 5.10 Å². The minimum absolute atomic E-state index is 0.0617. The van der Waals surface area contributed by atoms with Crippen molar-refractivity contribution in [1.29, 1.82) is 0 Å². The molecule has 0 unspecified atom stereocenters. The number of benzene rings is 1. The summed E-state index contributed by atoms with van der Waals surface area (Å²) in [5, 5.41) is 7.17. The van der Waals surface area contributed by atoms with Crippen LogP contribution in [0.25, 0.3) is 5.69 Å². The maximum atomic E-state index is 12.7. The molecule has 2 aliphatic heterocycles. The molecule has 3 heterocycles. The Kier molecular flexibility index (Phi) is 5.57. The Morgan fingerprint density at radius 3 is 2.71 bits per heavy atom. The summed E-state index contributed by atoms with van der Waals surface area (Å²) in [6, 6.07) is 9.27. The average Bonchev–Trinajstić information content (AvgIpc) is 3.38. The quantitative estimate of drug-likeness (QED) is 0.880. The van der Waals surface area contributed by atoms with Gasteiger partial charge in [0.1, 0.15) is 6.10 Å². The number of urea groups is 1. The number of carbonyl (C=O) groups excluding carboxylic acids is 2. The van der Waals surface area contributed by atoms with Crippen molar-refractivity contribution in [3.8, 4) is 5.69 Å². The predicted molar refractivity (Wildman–Crippen MR) is 104 cm³/mol. The highest BCUT2D eigenvalue weighted by molar-refractivity contribution is 5.89. The van der Waals surface area contributed by atoms with Gasteiger partial charge in [0.05, 0.1) is 5.69 Å². The van der Waals surface area contributed by atoms with E-state index < -0.39 is 0 Å². The van der Waals surface area contributed by atoms with E-state index in [-0.39, 0.29) is 18.0 Å². The van der Waals surface area contributed by atoms with Crippen LogP contribution < -0.4 is 5.32 Å². The lowest BCUT2D eigenvalue weighted by molar-refractivity contribution is -0.140. The van der Waals surface area contributed by atoms with Crippen molar-refractivity contribution in [2.75, 3.05) is 38.1 Å². The minimum atomic E-state index is -0.301. The summed E-state index contributed by atoms with van der Waals surface area (Å²) in [6.07, 6.45) is 5.77. The lowest BCUT2D eigenvalue weighted by atomic mass is 10.2. The monoisotopic (exact) mass is 383 g/mol. The van der Waals surface area contributed by atoms with Gasteiger partial charge in [0.15, 0.2) is 0 Å². The van der Waals surface area contributed by atoms with Crippen molar-refractivity contribution in [1.82, 2.24) is 19.6 Å². The Bertz CT molecular complexity index is 817. The Morgan fingerprint density at radius 2 is 1.93 bits per heavy atom. The molecule has 1 aromatic heterocycles. The average molecular weight is 383 g/mol. The molecule has 0 bridgehead atoms. The molecular weight excluding hydrogens is 358 g/mol. The minimum Gasteiger partial charge on any atom is -0.368 e. The molecule has 28 heavy (non-hydrogen) atoms. The van der Waals surface area contributed by atoms with Crippen LogP contribution in [0.2, 0.25) is 0 Å². The molecule has 2 fully saturated rings. The maximum Gasteiger partial charge on any atom is 0.321 e. The number of rotatable bonds is 3. The SMILES string of the molecule is O=C(Nc1cccc(-n2cccn2)c1)N1CCCN(C(=O)[C@H]2CCCO2)CC1. The fourth-order valence-electron chi connectivity index (χ4n) is 3.67. The number of amides is 3. The Labute approximate surface area is 164 Å². The topological polar surface area (TPSA) is 79.7 Å². The number of nitrogens with one attached hydrogen (secondary N) is 1. The lowest BCUT2D eigenvalue weighted by Gasteiger charge is -2.24. The van der Waals surface area contributed by atoms with E-state index in [2.05, 4.69) is 10.4 Å². The zero-order valence-corrected chi connectivity index (χ0v) is 15.8. The molecule has 0 aliphatic carbocycles. The number of hydrogen-bond donors (Lipinski definition) is 1. The number of anilines is 1. The fourth-order valence-corrected chi connectivity index (χ4v) is 3.67. The lowest BCUT2D eigenvalue weighted by Crippen LogP contribution is -2.42. The summed E-state index contributed by atoms with van der Waals surface area (Å²) in [4.78, 5) is 28.9. The van der Waals surface area contributed by atoms with E-state index >= 15 is 0 Å². The molecule has 0 saturated carbocycles. The first-order chi connectivity index (χ1) is 13.7. The van der Waals surface area contributed by atoms with Crippen molar-refractivity contribution in [2.24, 2.45) is 0 Å². The van der Waals surface area contributed by atoms with Crippen molar-refractivity contribution < 1.29 is 14.3 Å². The number of nitrogens with zero attached hydrogens (tertiary/aromatic N) is 4. The first-order valence-electron chi connectivity index (χ1n) is 9.77. The summed E-state index contributed by atoms with van der Waals surface area (Å²) < 4.78 is 7.26. The first kappa shape index (κ1) is 18.5. The van der Waals surface area contributed by atoms with E-state index in [0.29, 0.717) is 32.8 Å². The third-order valence-corrected chi connectivity index (χ3v) is 5.17. The third kappa shape index (κ3) is 4.17. The Balaban J connectivity index is 1.35. The molecule has 1 N–H and O–H groups in total. The highest BCUT2D eigenvalue weighted by Crippen LogP contribution is 2.17. The number of hydrogen-bond acceptors (Lipinski definition) is 4. The van der Waals surface area contributed by atoms with Crippen molar-refractivity contribution >= 4 is 17.6 Å². The first-order valence-corrected chi connectivity index (χ1v) is 9.77. The van der Waals surface area contributed by atoms with E-state index in [4.69, 9.17) is 4.74 Å². The summed E-state index contributed by atoms with van der Waals surface area (Å²) in [6.45, 7) is 3.01. The second-order valence-electron chi connectivity index (χ2n) is 7.10. The van der Waals surface area contributed by atoms with Gasteiger partial charge < -0.3 is 19.9 Å². The van der Waals surface area contributed by atoms with Crippen LogP contribution >= 0.6 is 0 Å². The van der Waals surface area contributed by atoms with Crippen LogP contribution in [-0.2, 0) is 9.53 Å². The standard InChI is InChI=1S/C20H25N5O3/c26-19(18-7-2-14-28-18)23-9-4-10-24(13-12-23)20(27)22-16-5-1-6-17(15-16)25-11-3-8-21-25/h1,3,5-6,8,11,15,18H,2,4,7,9-10,12-14H2,(H,22,27)/t18-/m1/s1. The molecule has 2 aliphatic rings. The zero-order chi connectivity index (χ0) is 19.3. The Hall–Kier alpha value is -2.87. The van der Waals surface area contributed by atoms with Gasteiger partial charge in [0, 0.05) is 50.9 Å². The van der Waals surface area contributed by atoms with Gasteiger partial charge in [-0.3, -0.25) is 4.79 Å². The van der Waals surface area contributed by atoms with E-state index in [1.807, 2.05) is 41.4 Å². The number of aromatic nitrogens is 2. The summed E-state index contributed by atoms with van der Waals surface area (Å²) in [5.74, 6) is 0.0617. The van der Waals surface area contributed by atoms with E-state index in [1.165, 1.54) is 0 Å². The smallest absolute Gasteiger partial charge is 0.321 e. The van der Waals surface area contributed by atoms with Crippen LogP contribution in [-0.4, -0.2) is 70.4 Å². The largest absolute Gasteiger partial charge is 0.368 e. The molecule has 1 atom stereocenters. The predicted octanol–water partition coefficient (Wildman–Crippen LogP) is 2.12. The maximum absolute atomic E-state index is 12.7. The van der Waals surface area contributed by atoms with Crippen LogP contribution in [0.3, 0.4) is 0 Å². The number of ether oxygens (including phenoxy) is 1. The zero-order valence-electron chi connectivity index (χ0n) is 15.8. The van der Waals surface area contributed by atoms with Crippen LogP contribution in [0, 0.1) is 0 Å². The van der Waals surface area contributed by atoms with Crippen LogP contribution in [0.1, 0.15) is 19.3 Å². The van der Waals surface area contributed by atoms with E-state index in [0.717, 1.165) is 30.6 Å². The highest BCUT2D eigenvalue weighted by Gasteiger charge is 2.30. The van der Waals surface area contributed by atoms with Crippen molar-refractivity contribution in [2.45, 2.75) is 25.4 Å². The molecule has 2 saturated heterocycles. The molecule has 3 amide bonds. The second-order valence-corrected chi connectivity index (χ2v) is 7.10. The highest BCUT2D eigenvalue weighted by atomic mass is 16.5. The van der Waals surface area contributed by atoms with Crippen LogP contribution in [0.15, 0.2) is 42.7 Å². The van der Waals surface area contributed by atoms with E-state index in [9.17, 15) is 9.59 Å². The molecule has 0 radical (unpaired) electrons. The fraction of sp³-hybridized carbons (Fsp3) is 0.450. The number of carbonyl (C=O) groups is 2. The molecule has 4 rings (SSSR count). The third-order valence-electron chi connectivity index (χ3n) is 5.17. The van der Waals surface area contributed by atoms with E-state index in [1.54, 1.807) is 15.8 Å². The van der Waals surface area contributed by atoms with Gasteiger partial charge in [0.25, 0.3) is 5.91 Å². The van der Waals surface area contributed by atoms with Gasteiger partial charge in [0.2, 0.25) is 0 Å². The molecule has 148 valence electrons. The molecule has 1 aromatic carbocycles. The van der Waals surface area contributed by atoms with Gasteiger partial charge >= 0.3 is 6.03 Å². The van der Waals surface area contributed by atoms with Crippen molar-refractivity contribution in [3.05, 3.63) is 42.7 Å². The van der Waals surface area contributed by atoms with Crippen molar-refractivity contribution in [3.63, 3.8) is 0 Å². The molecule has 8 heteroatoms.